The molecule has 0 aliphatic rings. The molecule has 4 heteroatoms. The molecule has 0 unspecified atom stereocenters. The highest BCUT2D eigenvalue weighted by molar-refractivity contribution is 6.16. The summed E-state index contributed by atoms with van der Waals surface area (Å²) in [5, 5.41) is 10.3. The molecule has 0 aliphatic carbocycles. The van der Waals surface area contributed by atoms with Gasteiger partial charge < -0.3 is 0 Å². The van der Waals surface area contributed by atoms with Gasteiger partial charge in [0.05, 0.1) is 23.5 Å². The van der Waals surface area contributed by atoms with Crippen LogP contribution in [0.3, 0.4) is 0 Å². The van der Waals surface area contributed by atoms with Crippen LogP contribution in [-0.2, 0) is 5.88 Å². The van der Waals surface area contributed by atoms with Crippen molar-refractivity contribution in [2.75, 3.05) is 0 Å². The first-order valence-corrected chi connectivity index (χ1v) is 5.87. The van der Waals surface area contributed by atoms with E-state index in [0.29, 0.717) is 5.88 Å². The zero-order valence-electron chi connectivity index (χ0n) is 9.05. The SMILES string of the molecule is ClCc1cnnn1-c1cccc2ccccc12. The zero-order valence-corrected chi connectivity index (χ0v) is 9.80. The standard InChI is InChI=1S/C13H10ClN3/c14-8-11-9-15-16-17(11)13-7-3-5-10-4-1-2-6-12(10)13/h1-7,9H,8H2. The number of hydrogen-bond donors (Lipinski definition) is 0. The van der Waals surface area contributed by atoms with Gasteiger partial charge in [-0.05, 0) is 11.5 Å². The molecule has 3 nitrogen and oxygen atoms in total. The van der Waals surface area contributed by atoms with Crippen LogP contribution in [0.1, 0.15) is 5.69 Å². The van der Waals surface area contributed by atoms with Gasteiger partial charge in [-0.1, -0.05) is 41.6 Å². The summed E-state index contributed by atoms with van der Waals surface area (Å²) in [5.41, 5.74) is 1.90. The highest BCUT2D eigenvalue weighted by atomic mass is 35.5. The van der Waals surface area contributed by atoms with E-state index < -0.39 is 0 Å². The Morgan fingerprint density at radius 2 is 1.88 bits per heavy atom. The van der Waals surface area contributed by atoms with Gasteiger partial charge in [0.1, 0.15) is 0 Å². The van der Waals surface area contributed by atoms with E-state index in [1.807, 2.05) is 24.3 Å². The molecular weight excluding hydrogens is 234 g/mol. The van der Waals surface area contributed by atoms with E-state index in [0.717, 1.165) is 16.8 Å². The first-order chi connectivity index (χ1) is 8.40. The van der Waals surface area contributed by atoms with E-state index in [-0.39, 0.29) is 0 Å². The summed E-state index contributed by atoms with van der Waals surface area (Å²) in [5.74, 6) is 0.399. The Labute approximate surface area is 104 Å². The molecule has 0 fully saturated rings. The van der Waals surface area contributed by atoms with Crippen LogP contribution in [0.15, 0.2) is 48.7 Å². The fraction of sp³-hybridized carbons (Fsp3) is 0.0769. The summed E-state index contributed by atoms with van der Waals surface area (Å²) >= 11 is 5.87. The first-order valence-electron chi connectivity index (χ1n) is 5.34. The molecule has 0 atom stereocenters. The van der Waals surface area contributed by atoms with Crippen LogP contribution in [-0.4, -0.2) is 15.0 Å². The second-order valence-corrected chi connectivity index (χ2v) is 4.04. The summed E-state index contributed by atoms with van der Waals surface area (Å²) in [6.45, 7) is 0. The molecule has 0 N–H and O–H groups in total. The van der Waals surface area contributed by atoms with Crippen molar-refractivity contribution in [3.63, 3.8) is 0 Å². The van der Waals surface area contributed by atoms with Crippen LogP contribution in [0, 0.1) is 0 Å². The number of alkyl halides is 1. The van der Waals surface area contributed by atoms with E-state index in [9.17, 15) is 0 Å². The van der Waals surface area contributed by atoms with Gasteiger partial charge in [0.15, 0.2) is 0 Å². The molecule has 0 spiro atoms. The van der Waals surface area contributed by atoms with E-state index in [1.54, 1.807) is 10.9 Å². The Kier molecular flexibility index (Phi) is 2.53. The van der Waals surface area contributed by atoms with Crippen LogP contribution in [0.25, 0.3) is 16.5 Å². The number of fused-ring (bicyclic) bond motifs is 1. The number of halogens is 1. The molecule has 1 aromatic heterocycles. The van der Waals surface area contributed by atoms with Crippen LogP contribution < -0.4 is 0 Å². The molecule has 0 saturated carbocycles. The number of benzene rings is 2. The second kappa shape index (κ2) is 4.18. The van der Waals surface area contributed by atoms with E-state index in [4.69, 9.17) is 11.6 Å². The smallest absolute Gasteiger partial charge is 0.0793 e. The number of hydrogen-bond acceptors (Lipinski definition) is 2. The molecule has 0 aliphatic heterocycles. The van der Waals surface area contributed by atoms with Crippen molar-refractivity contribution in [2.24, 2.45) is 0 Å². The molecule has 3 rings (SSSR count). The highest BCUT2D eigenvalue weighted by Crippen LogP contribution is 2.22. The van der Waals surface area contributed by atoms with Gasteiger partial charge in [0.25, 0.3) is 0 Å². The van der Waals surface area contributed by atoms with Crippen molar-refractivity contribution in [1.82, 2.24) is 15.0 Å². The number of aromatic nitrogens is 3. The first kappa shape index (κ1) is 10.3. The topological polar surface area (TPSA) is 30.7 Å². The van der Waals surface area contributed by atoms with Crippen molar-refractivity contribution >= 4 is 22.4 Å². The fourth-order valence-corrected chi connectivity index (χ4v) is 2.13. The average Bonchev–Trinajstić information content (AvgIpc) is 2.86. The summed E-state index contributed by atoms with van der Waals surface area (Å²) in [6, 6.07) is 14.3. The Morgan fingerprint density at radius 1 is 1.06 bits per heavy atom. The van der Waals surface area contributed by atoms with Gasteiger partial charge >= 0.3 is 0 Å². The number of rotatable bonds is 2. The van der Waals surface area contributed by atoms with E-state index in [2.05, 4.69) is 28.5 Å². The molecule has 3 aromatic rings. The maximum atomic E-state index is 5.87. The van der Waals surface area contributed by atoms with Crippen molar-refractivity contribution in [2.45, 2.75) is 5.88 Å². The van der Waals surface area contributed by atoms with Crippen molar-refractivity contribution in [3.8, 4) is 5.69 Å². The van der Waals surface area contributed by atoms with Crippen molar-refractivity contribution in [1.29, 1.82) is 0 Å². The van der Waals surface area contributed by atoms with Crippen molar-refractivity contribution in [3.05, 3.63) is 54.4 Å². The van der Waals surface area contributed by atoms with Gasteiger partial charge in [-0.15, -0.1) is 16.7 Å². The lowest BCUT2D eigenvalue weighted by Gasteiger charge is -2.07. The third-order valence-corrected chi connectivity index (χ3v) is 3.03. The Hall–Kier alpha value is -1.87. The van der Waals surface area contributed by atoms with Crippen LogP contribution >= 0.6 is 11.6 Å². The van der Waals surface area contributed by atoms with Gasteiger partial charge in [0.2, 0.25) is 0 Å². The van der Waals surface area contributed by atoms with Gasteiger partial charge in [-0.3, -0.25) is 0 Å². The maximum absolute atomic E-state index is 5.87. The third kappa shape index (κ3) is 1.68. The fourth-order valence-electron chi connectivity index (χ4n) is 1.94. The molecule has 0 amide bonds. The van der Waals surface area contributed by atoms with Crippen LogP contribution in [0.2, 0.25) is 0 Å². The maximum Gasteiger partial charge on any atom is 0.0793 e. The van der Waals surface area contributed by atoms with Gasteiger partial charge in [-0.2, -0.15) is 0 Å². The molecule has 1 heterocycles. The number of nitrogens with zero attached hydrogens (tertiary/aromatic N) is 3. The highest BCUT2D eigenvalue weighted by Gasteiger charge is 2.07. The molecule has 84 valence electrons. The lowest BCUT2D eigenvalue weighted by atomic mass is 10.1. The largest absolute Gasteiger partial charge is 0.216 e. The minimum absolute atomic E-state index is 0.399. The predicted molar refractivity (Wildman–Crippen MR) is 68.4 cm³/mol. The summed E-state index contributed by atoms with van der Waals surface area (Å²) in [4.78, 5) is 0. The van der Waals surface area contributed by atoms with E-state index in [1.165, 1.54) is 5.39 Å². The molecule has 0 saturated heterocycles. The third-order valence-electron chi connectivity index (χ3n) is 2.75. The summed E-state index contributed by atoms with van der Waals surface area (Å²) < 4.78 is 1.79. The Bertz CT molecular complexity index is 655. The van der Waals surface area contributed by atoms with E-state index >= 15 is 0 Å². The zero-order chi connectivity index (χ0) is 11.7. The van der Waals surface area contributed by atoms with Crippen LogP contribution in [0.4, 0.5) is 0 Å². The minimum atomic E-state index is 0.399. The lowest BCUT2D eigenvalue weighted by Crippen LogP contribution is -2.01. The summed E-state index contributed by atoms with van der Waals surface area (Å²) in [6.07, 6.45) is 1.69. The molecule has 0 radical (unpaired) electrons. The van der Waals surface area contributed by atoms with Crippen LogP contribution in [0.5, 0.6) is 0 Å². The molecular formula is C13H10ClN3. The summed E-state index contributed by atoms with van der Waals surface area (Å²) in [7, 11) is 0. The Morgan fingerprint density at radius 3 is 2.76 bits per heavy atom. The normalized spacial score (nSPS) is 10.9. The second-order valence-electron chi connectivity index (χ2n) is 3.77. The molecule has 2 aromatic carbocycles. The van der Waals surface area contributed by atoms with Crippen molar-refractivity contribution < 1.29 is 0 Å². The van der Waals surface area contributed by atoms with Gasteiger partial charge in [0, 0.05) is 5.39 Å². The predicted octanol–water partition coefficient (Wildman–Crippen LogP) is 3.16. The van der Waals surface area contributed by atoms with Gasteiger partial charge in [-0.25, -0.2) is 4.68 Å². The average molecular weight is 244 g/mol. The minimum Gasteiger partial charge on any atom is -0.216 e. The monoisotopic (exact) mass is 243 g/mol. The molecule has 0 bridgehead atoms. The quantitative estimate of drug-likeness (QED) is 0.648. The molecule has 17 heavy (non-hydrogen) atoms. The lowest BCUT2D eigenvalue weighted by molar-refractivity contribution is 0.786. The Balaban J connectivity index is 2.31.